The summed E-state index contributed by atoms with van der Waals surface area (Å²) >= 11 is 1.40. The van der Waals surface area contributed by atoms with Crippen LogP contribution < -0.4 is 5.32 Å². The zero-order valence-corrected chi connectivity index (χ0v) is 12.3. The third kappa shape index (κ3) is 3.53. The van der Waals surface area contributed by atoms with E-state index in [1.807, 2.05) is 0 Å². The van der Waals surface area contributed by atoms with E-state index < -0.39 is 0 Å². The lowest BCUT2D eigenvalue weighted by atomic mass is 10.1. The van der Waals surface area contributed by atoms with Gasteiger partial charge in [-0.2, -0.15) is 0 Å². The van der Waals surface area contributed by atoms with E-state index in [1.165, 1.54) is 29.7 Å². The van der Waals surface area contributed by atoms with E-state index in [1.54, 1.807) is 36.7 Å². The second-order valence-electron chi connectivity index (χ2n) is 4.63. The van der Waals surface area contributed by atoms with Gasteiger partial charge in [0.2, 0.25) is 0 Å². The topological polar surface area (TPSA) is 54.9 Å². The van der Waals surface area contributed by atoms with Crippen molar-refractivity contribution in [2.24, 2.45) is 0 Å². The molecule has 1 amide bonds. The number of hydrogen-bond acceptors (Lipinski definition) is 4. The van der Waals surface area contributed by atoms with E-state index in [2.05, 4.69) is 15.3 Å². The molecule has 2 heterocycles. The first-order valence-corrected chi connectivity index (χ1v) is 7.43. The van der Waals surface area contributed by atoms with Gasteiger partial charge < -0.3 is 0 Å². The summed E-state index contributed by atoms with van der Waals surface area (Å²) in [6, 6.07) is 9.74. The second-order valence-corrected chi connectivity index (χ2v) is 5.75. The fourth-order valence-electron chi connectivity index (χ4n) is 1.92. The molecule has 110 valence electrons. The van der Waals surface area contributed by atoms with Gasteiger partial charge in [0.25, 0.3) is 5.91 Å². The fourth-order valence-corrected chi connectivity index (χ4v) is 2.76. The van der Waals surface area contributed by atoms with Crippen molar-refractivity contribution in [3.8, 4) is 0 Å². The summed E-state index contributed by atoms with van der Waals surface area (Å²) in [7, 11) is 0. The molecule has 1 aromatic carbocycles. The molecular formula is C16H12FN3OS. The third-order valence-electron chi connectivity index (χ3n) is 2.99. The number of halogens is 1. The number of hydrogen-bond donors (Lipinski definition) is 1. The normalized spacial score (nSPS) is 10.4. The number of aromatic nitrogens is 2. The monoisotopic (exact) mass is 313 g/mol. The number of pyridine rings is 1. The summed E-state index contributed by atoms with van der Waals surface area (Å²) in [6.07, 6.45) is 5.48. The first-order valence-electron chi connectivity index (χ1n) is 6.61. The molecule has 0 fully saturated rings. The molecule has 4 nitrogen and oxygen atoms in total. The van der Waals surface area contributed by atoms with E-state index in [-0.39, 0.29) is 11.7 Å². The van der Waals surface area contributed by atoms with Crippen molar-refractivity contribution in [3.63, 3.8) is 0 Å². The minimum Gasteiger partial charge on any atom is -0.298 e. The van der Waals surface area contributed by atoms with Crippen LogP contribution in [0.25, 0.3) is 0 Å². The summed E-state index contributed by atoms with van der Waals surface area (Å²) in [4.78, 5) is 21.1. The van der Waals surface area contributed by atoms with Crippen molar-refractivity contribution >= 4 is 22.4 Å². The molecule has 0 spiro atoms. The largest absolute Gasteiger partial charge is 0.298 e. The molecule has 3 rings (SSSR count). The highest BCUT2D eigenvalue weighted by Crippen LogP contribution is 2.21. The Labute approximate surface area is 130 Å². The molecule has 1 N–H and O–H groups in total. The number of nitrogens with zero attached hydrogens (tertiary/aromatic N) is 2. The van der Waals surface area contributed by atoms with Gasteiger partial charge in [0.1, 0.15) is 5.82 Å². The minimum absolute atomic E-state index is 0.240. The van der Waals surface area contributed by atoms with Crippen LogP contribution in [0, 0.1) is 5.82 Å². The molecule has 0 saturated heterocycles. The average Bonchev–Trinajstić information content (AvgIpc) is 2.97. The van der Waals surface area contributed by atoms with Crippen LogP contribution in [0.2, 0.25) is 0 Å². The van der Waals surface area contributed by atoms with E-state index in [9.17, 15) is 9.18 Å². The van der Waals surface area contributed by atoms with Crippen LogP contribution in [0.15, 0.2) is 55.0 Å². The number of carbonyl (C=O) groups is 1. The Hall–Kier alpha value is -2.60. The van der Waals surface area contributed by atoms with Gasteiger partial charge in [-0.3, -0.25) is 15.1 Å². The molecule has 0 atom stereocenters. The Morgan fingerprint density at radius 3 is 2.73 bits per heavy atom. The summed E-state index contributed by atoms with van der Waals surface area (Å²) in [5.41, 5.74) is 1.48. The molecule has 0 aliphatic rings. The van der Waals surface area contributed by atoms with Gasteiger partial charge in [0.15, 0.2) is 5.13 Å². The van der Waals surface area contributed by atoms with Crippen LogP contribution >= 0.6 is 11.3 Å². The SMILES string of the molecule is O=C(Nc1ncc(Cc2ccc(F)cc2)s1)c1cccnc1. The van der Waals surface area contributed by atoms with Gasteiger partial charge in [0.05, 0.1) is 5.56 Å². The molecule has 0 unspecified atom stereocenters. The van der Waals surface area contributed by atoms with Crippen LogP contribution in [0.5, 0.6) is 0 Å². The molecule has 0 saturated carbocycles. The number of nitrogens with one attached hydrogen (secondary N) is 1. The summed E-state index contributed by atoms with van der Waals surface area (Å²) in [5.74, 6) is -0.492. The van der Waals surface area contributed by atoms with Crippen molar-refractivity contribution < 1.29 is 9.18 Å². The summed E-state index contributed by atoms with van der Waals surface area (Å²) in [5, 5.41) is 3.28. The Bertz CT molecular complexity index is 772. The van der Waals surface area contributed by atoms with E-state index in [0.29, 0.717) is 17.1 Å². The molecule has 0 aliphatic carbocycles. The quantitative estimate of drug-likeness (QED) is 0.802. The van der Waals surface area contributed by atoms with Crippen molar-refractivity contribution in [3.05, 3.63) is 76.8 Å². The van der Waals surface area contributed by atoms with Crippen molar-refractivity contribution in [1.29, 1.82) is 0 Å². The van der Waals surface area contributed by atoms with Gasteiger partial charge in [-0.15, -0.1) is 11.3 Å². The Morgan fingerprint density at radius 1 is 1.18 bits per heavy atom. The van der Waals surface area contributed by atoms with Gasteiger partial charge in [-0.25, -0.2) is 9.37 Å². The number of thiazole rings is 1. The highest BCUT2D eigenvalue weighted by Gasteiger charge is 2.09. The predicted octanol–water partition coefficient (Wildman–Crippen LogP) is 3.52. The van der Waals surface area contributed by atoms with Crippen LogP contribution in [-0.4, -0.2) is 15.9 Å². The van der Waals surface area contributed by atoms with Gasteiger partial charge >= 0.3 is 0 Å². The molecule has 0 radical (unpaired) electrons. The van der Waals surface area contributed by atoms with Crippen LogP contribution in [0.4, 0.5) is 9.52 Å². The van der Waals surface area contributed by atoms with E-state index >= 15 is 0 Å². The predicted molar refractivity (Wildman–Crippen MR) is 83.5 cm³/mol. The highest BCUT2D eigenvalue weighted by molar-refractivity contribution is 7.15. The number of rotatable bonds is 4. The lowest BCUT2D eigenvalue weighted by Crippen LogP contribution is -2.11. The number of anilines is 1. The molecule has 2 aromatic heterocycles. The van der Waals surface area contributed by atoms with Crippen molar-refractivity contribution in [2.75, 3.05) is 5.32 Å². The van der Waals surface area contributed by atoms with Crippen molar-refractivity contribution in [2.45, 2.75) is 6.42 Å². The van der Waals surface area contributed by atoms with E-state index in [0.717, 1.165) is 10.4 Å². The Balaban J connectivity index is 1.66. The maximum Gasteiger partial charge on any atom is 0.259 e. The zero-order chi connectivity index (χ0) is 15.4. The van der Waals surface area contributed by atoms with Gasteiger partial charge in [0, 0.05) is 29.9 Å². The lowest BCUT2D eigenvalue weighted by molar-refractivity contribution is 0.102. The van der Waals surface area contributed by atoms with Crippen LogP contribution in [0.3, 0.4) is 0 Å². The first kappa shape index (κ1) is 14.3. The van der Waals surface area contributed by atoms with Crippen LogP contribution in [0.1, 0.15) is 20.8 Å². The summed E-state index contributed by atoms with van der Waals surface area (Å²) in [6.45, 7) is 0. The van der Waals surface area contributed by atoms with Crippen LogP contribution in [-0.2, 0) is 6.42 Å². The molecular weight excluding hydrogens is 301 g/mol. The zero-order valence-electron chi connectivity index (χ0n) is 11.5. The fraction of sp³-hybridized carbons (Fsp3) is 0.0625. The third-order valence-corrected chi connectivity index (χ3v) is 3.90. The standard InChI is InChI=1S/C16H12FN3OS/c17-13-5-3-11(4-6-13)8-14-10-19-16(22-14)20-15(21)12-2-1-7-18-9-12/h1-7,9-10H,8H2,(H,19,20,21). The number of benzene rings is 1. The Morgan fingerprint density at radius 2 is 2.00 bits per heavy atom. The molecule has 22 heavy (non-hydrogen) atoms. The van der Waals surface area contributed by atoms with Crippen molar-refractivity contribution in [1.82, 2.24) is 9.97 Å². The van der Waals surface area contributed by atoms with Gasteiger partial charge in [-0.1, -0.05) is 12.1 Å². The first-order chi connectivity index (χ1) is 10.7. The summed E-state index contributed by atoms with van der Waals surface area (Å²) < 4.78 is 12.9. The average molecular weight is 313 g/mol. The smallest absolute Gasteiger partial charge is 0.259 e. The molecule has 3 aromatic rings. The maximum atomic E-state index is 12.9. The molecule has 6 heteroatoms. The number of amides is 1. The van der Waals surface area contributed by atoms with Gasteiger partial charge in [-0.05, 0) is 29.8 Å². The highest BCUT2D eigenvalue weighted by atomic mass is 32.1. The lowest BCUT2D eigenvalue weighted by Gasteiger charge is -2.00. The van der Waals surface area contributed by atoms with E-state index in [4.69, 9.17) is 0 Å². The maximum absolute atomic E-state index is 12.9. The number of carbonyl (C=O) groups excluding carboxylic acids is 1. The molecule has 0 aliphatic heterocycles. The second kappa shape index (κ2) is 6.44. The Kier molecular flexibility index (Phi) is 4.20. The molecule has 0 bridgehead atoms. The minimum atomic E-state index is -0.252.